The molecular formula is C15H19ClO2. The Kier molecular flexibility index (Phi) is 3.49. The molecule has 2 nitrogen and oxygen atoms in total. The number of para-hydroxylation sites is 1. The lowest BCUT2D eigenvalue weighted by atomic mass is 9.77. The quantitative estimate of drug-likeness (QED) is 0.781. The summed E-state index contributed by atoms with van der Waals surface area (Å²) in [6.45, 7) is 1.68. The molecule has 18 heavy (non-hydrogen) atoms. The third-order valence-electron chi connectivity index (χ3n) is 4.21. The van der Waals surface area contributed by atoms with E-state index in [2.05, 4.69) is 18.2 Å². The van der Waals surface area contributed by atoms with Gasteiger partial charge >= 0.3 is 0 Å². The van der Waals surface area contributed by atoms with Crippen molar-refractivity contribution in [3.8, 4) is 5.75 Å². The summed E-state index contributed by atoms with van der Waals surface area (Å²) in [5.41, 5.74) is 1.55. The molecule has 0 spiro atoms. The predicted molar refractivity (Wildman–Crippen MR) is 72.4 cm³/mol. The number of halogens is 1. The monoisotopic (exact) mass is 266 g/mol. The van der Waals surface area contributed by atoms with Crippen molar-refractivity contribution in [2.45, 2.75) is 31.8 Å². The van der Waals surface area contributed by atoms with E-state index in [1.54, 1.807) is 0 Å². The minimum atomic E-state index is 0.215. The Morgan fingerprint density at radius 3 is 2.72 bits per heavy atom. The van der Waals surface area contributed by atoms with Crippen LogP contribution in [-0.4, -0.2) is 25.2 Å². The van der Waals surface area contributed by atoms with Crippen LogP contribution in [0.25, 0.3) is 0 Å². The van der Waals surface area contributed by atoms with Gasteiger partial charge in [-0.15, -0.1) is 11.6 Å². The SMILES string of the molecule is ClCC1(CC2Cc3ccccc3O2)CCOCC1. The summed E-state index contributed by atoms with van der Waals surface area (Å²) in [6, 6.07) is 8.34. The van der Waals surface area contributed by atoms with Crippen molar-refractivity contribution in [1.82, 2.24) is 0 Å². The number of ether oxygens (including phenoxy) is 2. The molecule has 0 saturated carbocycles. The summed E-state index contributed by atoms with van der Waals surface area (Å²) in [5, 5.41) is 0. The van der Waals surface area contributed by atoms with Crippen molar-refractivity contribution < 1.29 is 9.47 Å². The number of hydrogen-bond acceptors (Lipinski definition) is 2. The third-order valence-corrected chi connectivity index (χ3v) is 4.78. The molecule has 0 amide bonds. The summed E-state index contributed by atoms with van der Waals surface area (Å²) in [7, 11) is 0. The molecule has 1 atom stereocenters. The maximum atomic E-state index is 6.22. The highest BCUT2D eigenvalue weighted by molar-refractivity contribution is 6.18. The highest BCUT2D eigenvalue weighted by Gasteiger charge is 2.37. The van der Waals surface area contributed by atoms with E-state index in [0.29, 0.717) is 12.0 Å². The predicted octanol–water partition coefficient (Wildman–Crippen LogP) is 3.42. The van der Waals surface area contributed by atoms with Crippen molar-refractivity contribution in [2.24, 2.45) is 5.41 Å². The highest BCUT2D eigenvalue weighted by atomic mass is 35.5. The molecule has 0 aromatic heterocycles. The standard InChI is InChI=1S/C15H19ClO2/c16-11-15(5-7-17-8-6-15)10-13-9-12-3-1-2-4-14(12)18-13/h1-4,13H,5-11H2. The second-order valence-electron chi connectivity index (χ2n) is 5.50. The zero-order valence-corrected chi connectivity index (χ0v) is 11.3. The lowest BCUT2D eigenvalue weighted by Crippen LogP contribution is -2.36. The molecule has 0 radical (unpaired) electrons. The van der Waals surface area contributed by atoms with Gasteiger partial charge in [-0.05, 0) is 36.3 Å². The lowest BCUT2D eigenvalue weighted by Gasteiger charge is -2.37. The normalized spacial score (nSPS) is 25.5. The molecule has 3 heteroatoms. The third kappa shape index (κ3) is 2.36. The first-order valence-electron chi connectivity index (χ1n) is 6.70. The minimum Gasteiger partial charge on any atom is -0.490 e. The fraction of sp³-hybridized carbons (Fsp3) is 0.600. The molecule has 3 rings (SSSR count). The van der Waals surface area contributed by atoms with Gasteiger partial charge in [0.15, 0.2) is 0 Å². The van der Waals surface area contributed by atoms with E-state index in [9.17, 15) is 0 Å². The summed E-state index contributed by atoms with van der Waals surface area (Å²) < 4.78 is 11.5. The van der Waals surface area contributed by atoms with Crippen LogP contribution in [-0.2, 0) is 11.2 Å². The van der Waals surface area contributed by atoms with Gasteiger partial charge in [-0.25, -0.2) is 0 Å². The van der Waals surface area contributed by atoms with Crippen LogP contribution in [0.3, 0.4) is 0 Å². The Bertz CT molecular complexity index is 388. The Labute approximate surface area is 113 Å². The lowest BCUT2D eigenvalue weighted by molar-refractivity contribution is 0.00535. The van der Waals surface area contributed by atoms with Gasteiger partial charge in [-0.3, -0.25) is 0 Å². The van der Waals surface area contributed by atoms with Gasteiger partial charge in [0.25, 0.3) is 0 Å². The molecule has 1 unspecified atom stereocenters. The molecule has 1 aromatic rings. The molecule has 1 saturated heterocycles. The van der Waals surface area contributed by atoms with Crippen LogP contribution in [0.5, 0.6) is 5.75 Å². The average Bonchev–Trinajstić information content (AvgIpc) is 2.81. The van der Waals surface area contributed by atoms with Crippen molar-refractivity contribution >= 4 is 11.6 Å². The highest BCUT2D eigenvalue weighted by Crippen LogP contribution is 2.40. The van der Waals surface area contributed by atoms with E-state index in [-0.39, 0.29) is 5.41 Å². The maximum absolute atomic E-state index is 6.22. The van der Waals surface area contributed by atoms with Crippen LogP contribution < -0.4 is 4.74 Å². The average molecular weight is 267 g/mol. The van der Waals surface area contributed by atoms with Crippen LogP contribution in [0.15, 0.2) is 24.3 Å². The first kappa shape index (κ1) is 12.3. The number of benzene rings is 1. The summed E-state index contributed by atoms with van der Waals surface area (Å²) >= 11 is 6.22. The van der Waals surface area contributed by atoms with Gasteiger partial charge in [-0.1, -0.05) is 18.2 Å². The summed E-state index contributed by atoms with van der Waals surface area (Å²) in [6.07, 6.45) is 4.49. The van der Waals surface area contributed by atoms with Gasteiger partial charge in [0, 0.05) is 25.5 Å². The van der Waals surface area contributed by atoms with Crippen LogP contribution >= 0.6 is 11.6 Å². The first-order valence-corrected chi connectivity index (χ1v) is 7.23. The number of rotatable bonds is 3. The van der Waals surface area contributed by atoms with Gasteiger partial charge in [-0.2, -0.15) is 0 Å². The van der Waals surface area contributed by atoms with Gasteiger partial charge in [0.05, 0.1) is 0 Å². The van der Waals surface area contributed by atoms with E-state index in [1.165, 1.54) is 5.56 Å². The molecule has 98 valence electrons. The number of fused-ring (bicyclic) bond motifs is 1. The second-order valence-corrected chi connectivity index (χ2v) is 5.77. The number of hydrogen-bond donors (Lipinski definition) is 0. The first-order chi connectivity index (χ1) is 8.81. The molecule has 1 aromatic carbocycles. The van der Waals surface area contributed by atoms with E-state index in [4.69, 9.17) is 21.1 Å². The Balaban J connectivity index is 1.67. The molecule has 2 heterocycles. The second kappa shape index (κ2) is 5.10. The Hall–Kier alpha value is -0.730. The van der Waals surface area contributed by atoms with Crippen molar-refractivity contribution in [1.29, 1.82) is 0 Å². The molecule has 0 bridgehead atoms. The summed E-state index contributed by atoms with van der Waals surface area (Å²) in [5.74, 6) is 1.77. The molecule has 0 N–H and O–H groups in total. The molecule has 1 fully saturated rings. The molecule has 2 aliphatic rings. The molecule has 0 aliphatic carbocycles. The summed E-state index contributed by atoms with van der Waals surface area (Å²) in [4.78, 5) is 0. The van der Waals surface area contributed by atoms with E-state index in [1.807, 2.05) is 6.07 Å². The topological polar surface area (TPSA) is 18.5 Å². The van der Waals surface area contributed by atoms with E-state index >= 15 is 0 Å². The minimum absolute atomic E-state index is 0.215. The fourth-order valence-corrected chi connectivity index (χ4v) is 3.42. The zero-order chi connectivity index (χ0) is 12.4. The zero-order valence-electron chi connectivity index (χ0n) is 10.5. The Morgan fingerprint density at radius 2 is 2.00 bits per heavy atom. The van der Waals surface area contributed by atoms with Crippen molar-refractivity contribution in [3.63, 3.8) is 0 Å². The number of alkyl halides is 1. The van der Waals surface area contributed by atoms with Gasteiger partial charge in [0.2, 0.25) is 0 Å². The van der Waals surface area contributed by atoms with Crippen LogP contribution in [0.2, 0.25) is 0 Å². The van der Waals surface area contributed by atoms with Crippen LogP contribution in [0, 0.1) is 5.41 Å². The molecular weight excluding hydrogens is 248 g/mol. The smallest absolute Gasteiger partial charge is 0.123 e. The molecule has 2 aliphatic heterocycles. The Morgan fingerprint density at radius 1 is 1.22 bits per heavy atom. The largest absolute Gasteiger partial charge is 0.490 e. The van der Waals surface area contributed by atoms with Gasteiger partial charge < -0.3 is 9.47 Å². The maximum Gasteiger partial charge on any atom is 0.123 e. The van der Waals surface area contributed by atoms with E-state index in [0.717, 1.165) is 44.6 Å². The van der Waals surface area contributed by atoms with Crippen molar-refractivity contribution in [2.75, 3.05) is 19.1 Å². The van der Waals surface area contributed by atoms with Crippen LogP contribution in [0.4, 0.5) is 0 Å². The van der Waals surface area contributed by atoms with E-state index < -0.39 is 0 Å². The van der Waals surface area contributed by atoms with Crippen molar-refractivity contribution in [3.05, 3.63) is 29.8 Å². The van der Waals surface area contributed by atoms with Crippen LogP contribution in [0.1, 0.15) is 24.8 Å². The van der Waals surface area contributed by atoms with Gasteiger partial charge in [0.1, 0.15) is 11.9 Å². The fourth-order valence-electron chi connectivity index (χ4n) is 3.05.